The van der Waals surface area contributed by atoms with E-state index >= 15 is 0 Å². The van der Waals surface area contributed by atoms with Crippen LogP contribution in [0, 0.1) is 11.6 Å². The Balaban J connectivity index is 2.12. The van der Waals surface area contributed by atoms with Crippen molar-refractivity contribution in [2.75, 3.05) is 12.0 Å². The zero-order valence-corrected chi connectivity index (χ0v) is 8.69. The molecule has 0 saturated heterocycles. The Labute approximate surface area is 95.7 Å². The first-order chi connectivity index (χ1) is 8.20. The van der Waals surface area contributed by atoms with Crippen molar-refractivity contribution in [3.05, 3.63) is 29.8 Å². The molecule has 0 unspecified atom stereocenters. The van der Waals surface area contributed by atoms with Crippen molar-refractivity contribution in [1.29, 1.82) is 0 Å². The second-order valence-corrected chi connectivity index (χ2v) is 3.23. The first kappa shape index (κ1) is 11.3. The van der Waals surface area contributed by atoms with E-state index in [0.717, 1.165) is 12.1 Å². The van der Waals surface area contributed by atoms with Crippen LogP contribution >= 0.6 is 0 Å². The Hall–Kier alpha value is -2.15. The van der Waals surface area contributed by atoms with Gasteiger partial charge in [-0.1, -0.05) is 0 Å². The molecule has 88 valence electrons. The third kappa shape index (κ3) is 2.51. The molecule has 0 saturated carbocycles. The lowest BCUT2D eigenvalue weighted by molar-refractivity contribution is 0.509. The fourth-order valence-corrected chi connectivity index (χ4v) is 1.21. The highest BCUT2D eigenvalue weighted by molar-refractivity contribution is 6.64. The average molecular weight is 237 g/mol. The summed E-state index contributed by atoms with van der Waals surface area (Å²) < 4.78 is 25.6. The van der Waals surface area contributed by atoms with E-state index in [1.807, 2.05) is 0 Å². The van der Waals surface area contributed by atoms with Gasteiger partial charge in [0, 0.05) is 12.6 Å². The molecule has 5 nitrogen and oxygen atoms in total. The van der Waals surface area contributed by atoms with Crippen LogP contribution in [-0.2, 0) is 0 Å². The minimum Gasteiger partial charge on any atom is -0.325 e. The van der Waals surface area contributed by atoms with Gasteiger partial charge in [0.05, 0.1) is 11.9 Å². The lowest BCUT2D eigenvalue weighted by atomic mass is 10.2. The van der Waals surface area contributed by atoms with Gasteiger partial charge in [-0.05, 0) is 12.1 Å². The molecule has 1 aliphatic rings. The summed E-state index contributed by atoms with van der Waals surface area (Å²) in [4.78, 5) is 0. The van der Waals surface area contributed by atoms with E-state index in [2.05, 4.69) is 20.7 Å². The molecule has 17 heavy (non-hydrogen) atoms. The molecular weight excluding hydrogens is 228 g/mol. The predicted molar refractivity (Wildman–Crippen MR) is 62.4 cm³/mol. The van der Waals surface area contributed by atoms with Gasteiger partial charge in [-0.2, -0.15) is 15.3 Å². The van der Waals surface area contributed by atoms with Gasteiger partial charge in [0.25, 0.3) is 0 Å². The Morgan fingerprint density at radius 3 is 2.82 bits per heavy atom. The first-order valence-corrected chi connectivity index (χ1v) is 4.80. The SMILES string of the molecule is NCC1=NN=C/C1=N\Nc1ccc(F)c(F)c1. The van der Waals surface area contributed by atoms with Crippen LogP contribution in [0.2, 0.25) is 0 Å². The zero-order valence-electron chi connectivity index (χ0n) is 8.69. The van der Waals surface area contributed by atoms with Crippen LogP contribution in [0.25, 0.3) is 0 Å². The van der Waals surface area contributed by atoms with Gasteiger partial charge in [-0.25, -0.2) is 8.78 Å². The maximum atomic E-state index is 12.9. The summed E-state index contributed by atoms with van der Waals surface area (Å²) in [7, 11) is 0. The summed E-state index contributed by atoms with van der Waals surface area (Å²) in [5.74, 6) is -1.85. The smallest absolute Gasteiger partial charge is 0.160 e. The fraction of sp³-hybridized carbons (Fsp3) is 0.100. The number of nitrogens with zero attached hydrogens (tertiary/aromatic N) is 3. The number of rotatable bonds is 3. The number of nitrogens with one attached hydrogen (secondary N) is 1. The third-order valence-electron chi connectivity index (χ3n) is 2.07. The van der Waals surface area contributed by atoms with E-state index in [0.29, 0.717) is 17.1 Å². The van der Waals surface area contributed by atoms with Crippen molar-refractivity contribution in [1.82, 2.24) is 0 Å². The number of nitrogens with two attached hydrogens (primary N) is 1. The molecule has 1 aliphatic heterocycles. The molecule has 0 fully saturated rings. The maximum absolute atomic E-state index is 12.9. The molecule has 1 heterocycles. The van der Waals surface area contributed by atoms with E-state index in [4.69, 9.17) is 5.73 Å². The zero-order chi connectivity index (χ0) is 12.3. The molecule has 2 rings (SSSR count). The van der Waals surface area contributed by atoms with Crippen LogP contribution in [0.5, 0.6) is 0 Å². The molecule has 0 atom stereocenters. The van der Waals surface area contributed by atoms with Crippen molar-refractivity contribution in [3.8, 4) is 0 Å². The van der Waals surface area contributed by atoms with Gasteiger partial charge < -0.3 is 5.73 Å². The van der Waals surface area contributed by atoms with Gasteiger partial charge in [-0.15, -0.1) is 0 Å². The van der Waals surface area contributed by atoms with Crippen molar-refractivity contribution < 1.29 is 8.78 Å². The topological polar surface area (TPSA) is 75.1 Å². The summed E-state index contributed by atoms with van der Waals surface area (Å²) in [6, 6.07) is 3.39. The highest BCUT2D eigenvalue weighted by Gasteiger charge is 2.10. The fourth-order valence-electron chi connectivity index (χ4n) is 1.21. The minimum atomic E-state index is -0.942. The van der Waals surface area contributed by atoms with Gasteiger partial charge in [-0.3, -0.25) is 5.43 Å². The van der Waals surface area contributed by atoms with Crippen molar-refractivity contribution in [2.45, 2.75) is 0 Å². The Kier molecular flexibility index (Phi) is 3.20. The van der Waals surface area contributed by atoms with Crippen LogP contribution in [0.4, 0.5) is 14.5 Å². The molecule has 0 bridgehead atoms. The lowest BCUT2D eigenvalue weighted by Crippen LogP contribution is -2.22. The molecule has 3 N–H and O–H groups in total. The lowest BCUT2D eigenvalue weighted by Gasteiger charge is -2.02. The molecule has 0 amide bonds. The summed E-state index contributed by atoms with van der Waals surface area (Å²) in [6.07, 6.45) is 1.43. The summed E-state index contributed by atoms with van der Waals surface area (Å²) in [5, 5.41) is 11.3. The van der Waals surface area contributed by atoms with Gasteiger partial charge in [0.15, 0.2) is 11.6 Å². The number of anilines is 1. The highest BCUT2D eigenvalue weighted by atomic mass is 19.2. The van der Waals surface area contributed by atoms with Gasteiger partial charge >= 0.3 is 0 Å². The normalized spacial score (nSPS) is 16.4. The summed E-state index contributed by atoms with van der Waals surface area (Å²) in [5.41, 5.74) is 9.31. The summed E-state index contributed by atoms with van der Waals surface area (Å²) in [6.45, 7) is 0.207. The molecule has 0 aromatic heterocycles. The Morgan fingerprint density at radius 2 is 2.12 bits per heavy atom. The summed E-state index contributed by atoms with van der Waals surface area (Å²) >= 11 is 0. The number of halogens is 2. The highest BCUT2D eigenvalue weighted by Crippen LogP contribution is 2.13. The van der Waals surface area contributed by atoms with Crippen molar-refractivity contribution in [2.24, 2.45) is 21.0 Å². The first-order valence-electron chi connectivity index (χ1n) is 4.80. The van der Waals surface area contributed by atoms with Crippen LogP contribution in [0.1, 0.15) is 0 Å². The number of hydrogen-bond donors (Lipinski definition) is 2. The van der Waals surface area contributed by atoms with E-state index in [1.54, 1.807) is 0 Å². The van der Waals surface area contributed by atoms with E-state index in [1.165, 1.54) is 12.3 Å². The monoisotopic (exact) mass is 237 g/mol. The molecule has 0 radical (unpaired) electrons. The second kappa shape index (κ2) is 4.79. The molecule has 7 heteroatoms. The van der Waals surface area contributed by atoms with Crippen LogP contribution in [0.15, 0.2) is 33.5 Å². The molecular formula is C10H9F2N5. The number of hydrazone groups is 1. The largest absolute Gasteiger partial charge is 0.325 e. The van der Waals surface area contributed by atoms with Gasteiger partial charge in [0.2, 0.25) is 0 Å². The second-order valence-electron chi connectivity index (χ2n) is 3.23. The van der Waals surface area contributed by atoms with Crippen molar-refractivity contribution in [3.63, 3.8) is 0 Å². The Bertz CT molecular complexity index is 521. The van der Waals surface area contributed by atoms with E-state index in [-0.39, 0.29) is 6.54 Å². The third-order valence-corrected chi connectivity index (χ3v) is 2.07. The standard InChI is InChI=1S/C10H9F2N5/c11-7-2-1-6(3-8(7)12)15-17-10-5-14-16-9(10)4-13/h1-3,5,15H,4,13H2/b17-10+. The Morgan fingerprint density at radius 1 is 1.29 bits per heavy atom. The van der Waals surface area contributed by atoms with Crippen LogP contribution in [-0.4, -0.2) is 24.2 Å². The molecule has 1 aromatic rings. The minimum absolute atomic E-state index is 0.207. The molecule has 1 aromatic carbocycles. The van der Waals surface area contributed by atoms with E-state index in [9.17, 15) is 8.78 Å². The average Bonchev–Trinajstić information content (AvgIpc) is 2.78. The number of hydrogen-bond acceptors (Lipinski definition) is 5. The van der Waals surface area contributed by atoms with Crippen LogP contribution in [0.3, 0.4) is 0 Å². The molecule has 0 spiro atoms. The van der Waals surface area contributed by atoms with Crippen LogP contribution < -0.4 is 11.2 Å². The number of benzene rings is 1. The van der Waals surface area contributed by atoms with E-state index < -0.39 is 11.6 Å². The molecule has 0 aliphatic carbocycles. The quantitative estimate of drug-likeness (QED) is 0.773. The van der Waals surface area contributed by atoms with Crippen molar-refractivity contribution >= 4 is 23.3 Å². The predicted octanol–water partition coefficient (Wildman–Crippen LogP) is 1.13. The maximum Gasteiger partial charge on any atom is 0.160 e. The van der Waals surface area contributed by atoms with Gasteiger partial charge in [0.1, 0.15) is 11.4 Å².